The number of guanidine groups is 1. The van der Waals surface area contributed by atoms with Crippen LogP contribution in [0.5, 0.6) is 5.75 Å². The molecule has 0 radical (unpaired) electrons. The van der Waals surface area contributed by atoms with Crippen LogP contribution in [0, 0.1) is 29.1 Å². The van der Waals surface area contributed by atoms with Crippen LogP contribution in [-0.4, -0.2) is 104 Å². The number of benzene rings is 3. The number of Topliss-reactive ketones (excluding diaryl/α,β-unsaturated/α-hetero) is 1. The number of allylic oxidation sites excluding steroid dienone is 5. The lowest BCUT2D eigenvalue weighted by molar-refractivity contribution is -0.169. The van der Waals surface area contributed by atoms with Crippen molar-refractivity contribution in [1.82, 2.24) is 16.0 Å². The summed E-state index contributed by atoms with van der Waals surface area (Å²) in [6.45, 7) is 15.1. The minimum Gasteiger partial charge on any atom is -0.508 e. The minimum atomic E-state index is -1.39. The summed E-state index contributed by atoms with van der Waals surface area (Å²) in [5.74, 6) is -2.76. The molecule has 15 nitrogen and oxygen atoms in total. The third kappa shape index (κ3) is 13.1. The van der Waals surface area contributed by atoms with Crippen LogP contribution in [0.15, 0.2) is 130 Å². The van der Waals surface area contributed by atoms with Crippen LogP contribution in [0.2, 0.25) is 0 Å². The summed E-state index contributed by atoms with van der Waals surface area (Å²) >= 11 is 0. The molecule has 432 valence electrons. The molecule has 5 aliphatic rings. The predicted molar refractivity (Wildman–Crippen MR) is 315 cm³/mol. The number of rotatable bonds is 11. The normalized spacial score (nSPS) is 32.7. The van der Waals surface area contributed by atoms with Crippen molar-refractivity contribution < 1.29 is 40.2 Å². The van der Waals surface area contributed by atoms with Crippen molar-refractivity contribution in [3.05, 3.63) is 159 Å². The third-order valence-electron chi connectivity index (χ3n) is 18.7. The van der Waals surface area contributed by atoms with Crippen LogP contribution in [-0.2, 0) is 28.9 Å². The number of β-amino-alcohol motifs (C(OH)–C–C–N with tert-alkyl or cyclic N) is 1. The molecule has 3 aliphatic carbocycles. The Morgan fingerprint density at radius 3 is 2.41 bits per heavy atom. The molecule has 0 unspecified atom stereocenters. The van der Waals surface area contributed by atoms with Gasteiger partial charge in [-0.1, -0.05) is 110 Å². The van der Waals surface area contributed by atoms with Gasteiger partial charge < -0.3 is 58.5 Å². The van der Waals surface area contributed by atoms with Gasteiger partial charge in [-0.3, -0.25) is 19.9 Å². The van der Waals surface area contributed by atoms with E-state index in [2.05, 4.69) is 54.4 Å². The summed E-state index contributed by atoms with van der Waals surface area (Å²) in [6, 6.07) is 19.2. The number of phenolic OH excluding ortho intramolecular Hbond substituents is 1. The fraction of sp³-hybridized carbons (Fsp3) is 0.523. The molecular weight excluding hydrogens is 1010 g/mol. The van der Waals surface area contributed by atoms with Crippen molar-refractivity contribution in [2.24, 2.45) is 51.3 Å². The van der Waals surface area contributed by atoms with Crippen molar-refractivity contribution in [3.8, 4) is 5.75 Å². The zero-order valence-electron chi connectivity index (χ0n) is 47.6. The maximum Gasteiger partial charge on any atom is 0.243 e. The smallest absolute Gasteiger partial charge is 0.243 e. The highest BCUT2D eigenvalue weighted by Crippen LogP contribution is 2.66. The topological polar surface area (TPSA) is 282 Å². The van der Waals surface area contributed by atoms with E-state index in [0.29, 0.717) is 67.2 Å². The fourth-order valence-electron chi connectivity index (χ4n) is 14.6. The van der Waals surface area contributed by atoms with E-state index in [1.54, 1.807) is 24.3 Å². The van der Waals surface area contributed by atoms with Crippen molar-refractivity contribution in [2.45, 2.75) is 166 Å². The summed E-state index contributed by atoms with van der Waals surface area (Å²) in [6.07, 6.45) is 8.50. The van der Waals surface area contributed by atoms with Crippen LogP contribution in [0.4, 0.5) is 0 Å². The third-order valence-corrected chi connectivity index (χ3v) is 18.7. The number of fused-ring (bicyclic) bond motifs is 5. The summed E-state index contributed by atoms with van der Waals surface area (Å²) in [5, 5.41) is 83.2. The van der Waals surface area contributed by atoms with E-state index in [4.69, 9.17) is 17.2 Å². The highest BCUT2D eigenvalue weighted by molar-refractivity contribution is 5.98. The molecule has 1 spiro atoms. The standard InChI is InChI=1S/C65H89N7O8/c1-7-69-53(27-20-37(2)3)38(4)12-8-17-48-54(75)19-11-16-44-34-65(60(78)58(44)48)52-26-25-46(74)31-40-13-9-14-41(30-40)32-50(51(35-71-63(67)68)42-21-23-45(73)24-22-42)56(77)36-70-59-57-43(15-10-18-49(57)61(66)72-62(59)79)33-55(76)39(5)47(52)28-29-64(65,6)80/h8-10,12-15,17-18,20-24,30,44,46,50-54,56,58-61,69-70,73-75,77-78,80H,4,7,11,16,19,25-29,31-36,66H2,1-3,5-6H3,(H,72,79)(H4,67,68,71)/b12-8+,47-39+,48-17-/t44-,46-,50+,51+,52+,53-,54-,56+,58+,59-,60+,61-,64+,65+/m0/s1. The van der Waals surface area contributed by atoms with E-state index in [-0.39, 0.29) is 55.4 Å². The average molecular weight is 1100 g/mol. The lowest BCUT2D eigenvalue weighted by Gasteiger charge is -2.56. The first-order chi connectivity index (χ1) is 38.1. The second-order valence-corrected chi connectivity index (χ2v) is 24.1. The number of amides is 1. The Labute approximate surface area is 473 Å². The maximum absolute atomic E-state index is 15.2. The van der Waals surface area contributed by atoms with Crippen LogP contribution in [0.25, 0.3) is 0 Å². The van der Waals surface area contributed by atoms with Crippen LogP contribution in [0.3, 0.4) is 0 Å². The molecule has 1 amide bonds. The van der Waals surface area contributed by atoms with Crippen molar-refractivity contribution in [1.29, 1.82) is 0 Å². The number of likely N-dealkylation sites (N-methyl/N-ethyl adjacent to an activating group) is 1. The van der Waals surface area contributed by atoms with Gasteiger partial charge in [-0.25, -0.2) is 0 Å². The van der Waals surface area contributed by atoms with Gasteiger partial charge in [0.1, 0.15) is 18.0 Å². The Morgan fingerprint density at radius 1 is 0.975 bits per heavy atom. The zero-order chi connectivity index (χ0) is 57.6. The molecule has 2 bridgehead atoms. The summed E-state index contributed by atoms with van der Waals surface area (Å²) in [5.41, 5.74) is 24.5. The molecule has 3 fully saturated rings. The van der Waals surface area contributed by atoms with Crippen molar-refractivity contribution >= 4 is 17.6 Å². The first-order valence-electron chi connectivity index (χ1n) is 29.1. The van der Waals surface area contributed by atoms with Gasteiger partial charge in [-0.2, -0.15) is 0 Å². The minimum absolute atomic E-state index is 0.0260. The lowest BCUT2D eigenvalue weighted by Crippen LogP contribution is -2.59. The highest BCUT2D eigenvalue weighted by atomic mass is 16.3. The molecule has 8 rings (SSSR count). The van der Waals surface area contributed by atoms with E-state index in [9.17, 15) is 35.4 Å². The van der Waals surface area contributed by atoms with E-state index >= 15 is 4.79 Å². The first-order valence-corrected chi connectivity index (χ1v) is 29.1. The molecule has 0 aromatic heterocycles. The van der Waals surface area contributed by atoms with Crippen LogP contribution >= 0.6 is 0 Å². The van der Waals surface area contributed by atoms with E-state index < -0.39 is 77.2 Å². The number of ketones is 1. The van der Waals surface area contributed by atoms with E-state index in [0.717, 1.165) is 59.2 Å². The largest absolute Gasteiger partial charge is 0.508 e. The van der Waals surface area contributed by atoms with Crippen LogP contribution < -0.4 is 33.2 Å². The number of nitrogens with two attached hydrogens (primary N) is 3. The molecule has 15 heteroatoms. The number of aliphatic imine (C=N–C) groups is 1. The van der Waals surface area contributed by atoms with Crippen LogP contribution in [0.1, 0.15) is 144 Å². The van der Waals surface area contributed by atoms with Gasteiger partial charge >= 0.3 is 0 Å². The zero-order valence-corrected chi connectivity index (χ0v) is 47.6. The van der Waals surface area contributed by atoms with Gasteiger partial charge in [0.25, 0.3) is 0 Å². The molecule has 2 aliphatic heterocycles. The monoisotopic (exact) mass is 1100 g/mol. The predicted octanol–water partition coefficient (Wildman–Crippen LogP) is 6.57. The number of hydrogen-bond acceptors (Lipinski definition) is 12. The van der Waals surface area contributed by atoms with Gasteiger partial charge in [0, 0.05) is 42.8 Å². The molecule has 0 saturated heterocycles. The maximum atomic E-state index is 15.2. The molecular formula is C65H89N7O8. The van der Waals surface area contributed by atoms with Crippen molar-refractivity contribution in [3.63, 3.8) is 0 Å². The van der Waals surface area contributed by atoms with Gasteiger partial charge in [0.2, 0.25) is 5.91 Å². The molecule has 14 atom stereocenters. The molecule has 80 heavy (non-hydrogen) atoms. The number of aliphatic hydroxyl groups is 5. The molecule has 3 saturated carbocycles. The van der Waals surface area contributed by atoms with Crippen molar-refractivity contribution in [2.75, 3.05) is 19.6 Å². The number of aliphatic hydroxyl groups excluding tert-OH is 4. The molecule has 2 heterocycles. The average Bonchev–Trinajstić information content (AvgIpc) is 3.75. The summed E-state index contributed by atoms with van der Waals surface area (Å²) in [7, 11) is 0. The van der Waals surface area contributed by atoms with Gasteiger partial charge in [0.15, 0.2) is 11.7 Å². The SMILES string of the molecule is C=C(/C=C/C=C1\[C@H]2[C@@H](CCC[C@@H]1O)C[C@@]1([C@@H]3CC[C@H](O)Cc4cccc(c4)C[C@H]([C@H](CN=C(N)N)c4ccc(O)cc4)[C@H](O)CN[C@@H]4C(=O)N[C@H](N)c5cccc(c54)CC(=O)/C(C)=C/3CC[C@@]1(C)O)[C@@H]2O)[C@H](CC=C(C)C)NCC. The van der Waals surface area contributed by atoms with E-state index in [1.807, 2.05) is 74.5 Å². The fourth-order valence-corrected chi connectivity index (χ4v) is 14.6. The summed E-state index contributed by atoms with van der Waals surface area (Å²) < 4.78 is 0. The number of hydrogen-bond donors (Lipinski definition) is 12. The summed E-state index contributed by atoms with van der Waals surface area (Å²) in [4.78, 5) is 33.9. The Morgan fingerprint density at radius 2 is 1.70 bits per heavy atom. The Bertz CT molecular complexity index is 2870. The number of aromatic hydroxyl groups is 1. The number of nitrogens with one attached hydrogen (secondary N) is 3. The molecule has 3 aromatic carbocycles. The Hall–Kier alpha value is -5.75. The first kappa shape index (κ1) is 60.3. The second-order valence-electron chi connectivity index (χ2n) is 24.1. The Kier molecular flexibility index (Phi) is 19.6. The number of carbonyl (C=O) groups excluding carboxylic acids is 2. The highest BCUT2D eigenvalue weighted by Gasteiger charge is 2.67. The quantitative estimate of drug-likeness (QED) is 0.0419. The molecule has 15 N–H and O–H groups in total. The Balaban J connectivity index is 1.22. The number of carbonyl (C=O) groups is 2. The van der Waals surface area contributed by atoms with Gasteiger partial charge in [-0.15, -0.1) is 0 Å². The lowest BCUT2D eigenvalue weighted by atomic mass is 9.52. The number of nitrogens with zero attached hydrogens (tertiary/aromatic N) is 1. The molecule has 3 aromatic rings. The van der Waals surface area contributed by atoms with Gasteiger partial charge in [-0.05, 0) is 178 Å². The second kappa shape index (κ2) is 26.0. The van der Waals surface area contributed by atoms with Gasteiger partial charge in [0.05, 0.1) is 30.0 Å². The van der Waals surface area contributed by atoms with E-state index in [1.165, 1.54) is 5.57 Å². The number of phenols is 1.